The largest absolute Gasteiger partial charge is 0.478 e. The van der Waals surface area contributed by atoms with E-state index in [9.17, 15) is 4.79 Å². The molecule has 0 aliphatic heterocycles. The Kier molecular flexibility index (Phi) is 3.41. The quantitative estimate of drug-likeness (QED) is 0.731. The third-order valence-electron chi connectivity index (χ3n) is 2.66. The van der Waals surface area contributed by atoms with Crippen molar-refractivity contribution in [3.05, 3.63) is 41.6 Å². The summed E-state index contributed by atoms with van der Waals surface area (Å²) in [5, 5.41) is 12.2. The second-order valence-electron chi connectivity index (χ2n) is 4.29. The van der Waals surface area contributed by atoms with Gasteiger partial charge in [0.15, 0.2) is 0 Å². The second-order valence-corrected chi connectivity index (χ2v) is 4.29. The second kappa shape index (κ2) is 5.01. The van der Waals surface area contributed by atoms with Gasteiger partial charge in [-0.2, -0.15) is 0 Å². The average molecular weight is 261 g/mol. The molecule has 0 saturated heterocycles. The lowest BCUT2D eigenvalue weighted by Crippen LogP contribution is -2.11. The van der Waals surface area contributed by atoms with Crippen molar-refractivity contribution >= 4 is 17.3 Å². The van der Waals surface area contributed by atoms with Gasteiger partial charge in [0.25, 0.3) is 0 Å². The molecule has 0 amide bonds. The minimum atomic E-state index is -1.04. The standard InChI is InChI=1S/C13H15N3O3/c1-7-6-15-12(19-7)8(2)16-11-4-3-9(14)5-10(11)13(17)18/h3-6,8,16H,14H2,1-2H3,(H,17,18). The molecule has 2 rings (SSSR count). The fraction of sp³-hybridized carbons (Fsp3) is 0.231. The van der Waals surface area contributed by atoms with Crippen LogP contribution in [0.1, 0.15) is 35.0 Å². The Morgan fingerprint density at radius 3 is 2.84 bits per heavy atom. The number of carbonyl (C=O) groups is 1. The van der Waals surface area contributed by atoms with Crippen LogP contribution in [0.3, 0.4) is 0 Å². The van der Waals surface area contributed by atoms with Gasteiger partial charge < -0.3 is 20.6 Å². The molecule has 0 saturated carbocycles. The molecule has 1 aromatic heterocycles. The van der Waals surface area contributed by atoms with Crippen LogP contribution in [0.25, 0.3) is 0 Å². The van der Waals surface area contributed by atoms with Gasteiger partial charge in [-0.1, -0.05) is 0 Å². The number of rotatable bonds is 4. The van der Waals surface area contributed by atoms with Gasteiger partial charge in [0.05, 0.1) is 11.8 Å². The minimum absolute atomic E-state index is 0.120. The lowest BCUT2D eigenvalue weighted by molar-refractivity contribution is 0.0698. The molecule has 1 unspecified atom stereocenters. The van der Waals surface area contributed by atoms with Crippen LogP contribution in [-0.2, 0) is 0 Å². The van der Waals surface area contributed by atoms with Gasteiger partial charge in [0.1, 0.15) is 11.8 Å². The van der Waals surface area contributed by atoms with Crippen LogP contribution < -0.4 is 11.1 Å². The van der Waals surface area contributed by atoms with Crippen LogP contribution in [0, 0.1) is 6.92 Å². The molecule has 2 aromatic rings. The van der Waals surface area contributed by atoms with E-state index in [0.29, 0.717) is 23.0 Å². The Morgan fingerprint density at radius 2 is 2.26 bits per heavy atom. The fourth-order valence-electron chi connectivity index (χ4n) is 1.73. The highest BCUT2D eigenvalue weighted by atomic mass is 16.4. The maximum Gasteiger partial charge on any atom is 0.337 e. The Balaban J connectivity index is 2.26. The van der Waals surface area contributed by atoms with E-state index in [-0.39, 0.29) is 11.6 Å². The lowest BCUT2D eigenvalue weighted by Gasteiger charge is -2.14. The summed E-state index contributed by atoms with van der Waals surface area (Å²) in [4.78, 5) is 15.3. The molecule has 4 N–H and O–H groups in total. The predicted octanol–water partition coefficient (Wildman–Crippen LogP) is 2.44. The summed E-state index contributed by atoms with van der Waals surface area (Å²) < 4.78 is 5.40. The van der Waals surface area contributed by atoms with Gasteiger partial charge >= 0.3 is 5.97 Å². The molecule has 6 nitrogen and oxygen atoms in total. The van der Waals surface area contributed by atoms with E-state index in [0.717, 1.165) is 0 Å². The number of nitrogens with one attached hydrogen (secondary N) is 1. The van der Waals surface area contributed by atoms with Crippen molar-refractivity contribution in [3.8, 4) is 0 Å². The molecule has 1 aromatic carbocycles. The molecule has 1 heterocycles. The summed E-state index contributed by atoms with van der Waals surface area (Å²) in [5.41, 5.74) is 6.59. The van der Waals surface area contributed by atoms with Crippen molar-refractivity contribution in [2.45, 2.75) is 19.9 Å². The number of hydrogen-bond donors (Lipinski definition) is 3. The number of nitrogens with zero attached hydrogens (tertiary/aromatic N) is 1. The number of oxazole rings is 1. The number of anilines is 2. The number of nitrogens with two attached hydrogens (primary N) is 1. The van der Waals surface area contributed by atoms with Crippen molar-refractivity contribution in [2.75, 3.05) is 11.1 Å². The number of carboxylic acids is 1. The molecule has 0 aliphatic carbocycles. The van der Waals surface area contributed by atoms with Crippen LogP contribution in [0.5, 0.6) is 0 Å². The molecule has 19 heavy (non-hydrogen) atoms. The molecule has 1 atom stereocenters. The van der Waals surface area contributed by atoms with Gasteiger partial charge in [-0.3, -0.25) is 0 Å². The van der Waals surface area contributed by atoms with Gasteiger partial charge in [-0.25, -0.2) is 9.78 Å². The number of benzene rings is 1. The third kappa shape index (κ3) is 2.85. The maximum absolute atomic E-state index is 11.2. The number of aromatic nitrogens is 1. The fourth-order valence-corrected chi connectivity index (χ4v) is 1.73. The number of hydrogen-bond acceptors (Lipinski definition) is 5. The molecule has 6 heteroatoms. The summed E-state index contributed by atoms with van der Waals surface area (Å²) in [7, 11) is 0. The molecular weight excluding hydrogens is 246 g/mol. The van der Waals surface area contributed by atoms with Gasteiger partial charge in [-0.15, -0.1) is 0 Å². The average Bonchev–Trinajstić information content (AvgIpc) is 2.78. The van der Waals surface area contributed by atoms with E-state index in [1.807, 2.05) is 6.92 Å². The molecule has 0 fully saturated rings. The smallest absolute Gasteiger partial charge is 0.337 e. The van der Waals surface area contributed by atoms with Crippen molar-refractivity contribution in [1.29, 1.82) is 0 Å². The number of nitrogen functional groups attached to an aromatic ring is 1. The first-order valence-corrected chi connectivity index (χ1v) is 5.79. The Bertz CT molecular complexity index is 607. The molecule has 0 spiro atoms. The summed E-state index contributed by atoms with van der Waals surface area (Å²) in [6.45, 7) is 3.64. The Labute approximate surface area is 110 Å². The zero-order valence-corrected chi connectivity index (χ0v) is 10.7. The molecule has 0 bridgehead atoms. The first-order chi connectivity index (χ1) is 8.97. The highest BCUT2D eigenvalue weighted by Gasteiger charge is 2.16. The summed E-state index contributed by atoms with van der Waals surface area (Å²) in [6.07, 6.45) is 1.62. The zero-order valence-electron chi connectivity index (χ0n) is 10.7. The van der Waals surface area contributed by atoms with E-state index in [4.69, 9.17) is 15.3 Å². The predicted molar refractivity (Wildman–Crippen MR) is 71.1 cm³/mol. The number of carboxylic acid groups (broad SMARTS) is 1. The maximum atomic E-state index is 11.2. The molecule has 100 valence electrons. The van der Waals surface area contributed by atoms with Crippen molar-refractivity contribution in [2.24, 2.45) is 0 Å². The van der Waals surface area contributed by atoms with E-state index >= 15 is 0 Å². The van der Waals surface area contributed by atoms with E-state index in [2.05, 4.69) is 10.3 Å². The van der Waals surface area contributed by atoms with Crippen LogP contribution >= 0.6 is 0 Å². The zero-order chi connectivity index (χ0) is 14.0. The number of aromatic carboxylic acids is 1. The first kappa shape index (κ1) is 12.9. The van der Waals surface area contributed by atoms with Gasteiger partial charge in [0.2, 0.25) is 5.89 Å². The number of aryl methyl sites for hydroxylation is 1. The molecular formula is C13H15N3O3. The van der Waals surface area contributed by atoms with Gasteiger partial charge in [-0.05, 0) is 32.0 Å². The van der Waals surface area contributed by atoms with Crippen molar-refractivity contribution < 1.29 is 14.3 Å². The highest BCUT2D eigenvalue weighted by Crippen LogP contribution is 2.24. The molecule has 0 radical (unpaired) electrons. The van der Waals surface area contributed by atoms with E-state index in [1.165, 1.54) is 6.07 Å². The first-order valence-electron chi connectivity index (χ1n) is 5.79. The van der Waals surface area contributed by atoms with Crippen LogP contribution in [-0.4, -0.2) is 16.1 Å². The SMILES string of the molecule is Cc1cnc(C(C)Nc2ccc(N)cc2C(=O)O)o1. The topological polar surface area (TPSA) is 101 Å². The highest BCUT2D eigenvalue weighted by molar-refractivity contribution is 5.95. The third-order valence-corrected chi connectivity index (χ3v) is 2.66. The van der Waals surface area contributed by atoms with Crippen molar-refractivity contribution in [1.82, 2.24) is 4.98 Å². The normalized spacial score (nSPS) is 12.1. The summed E-state index contributed by atoms with van der Waals surface area (Å²) in [6, 6.07) is 4.45. The van der Waals surface area contributed by atoms with Crippen LogP contribution in [0.2, 0.25) is 0 Å². The van der Waals surface area contributed by atoms with E-state index in [1.54, 1.807) is 25.3 Å². The summed E-state index contributed by atoms with van der Waals surface area (Å²) in [5.74, 6) is 0.177. The Hall–Kier alpha value is -2.50. The Morgan fingerprint density at radius 1 is 1.53 bits per heavy atom. The van der Waals surface area contributed by atoms with E-state index < -0.39 is 5.97 Å². The molecule has 0 aliphatic rings. The minimum Gasteiger partial charge on any atom is -0.478 e. The monoisotopic (exact) mass is 261 g/mol. The van der Waals surface area contributed by atoms with Crippen molar-refractivity contribution in [3.63, 3.8) is 0 Å². The lowest BCUT2D eigenvalue weighted by atomic mass is 10.1. The summed E-state index contributed by atoms with van der Waals surface area (Å²) >= 11 is 0. The van der Waals surface area contributed by atoms with Crippen LogP contribution in [0.15, 0.2) is 28.8 Å². The van der Waals surface area contributed by atoms with Crippen LogP contribution in [0.4, 0.5) is 11.4 Å². The van der Waals surface area contributed by atoms with Gasteiger partial charge in [0, 0.05) is 11.4 Å².